The monoisotopic (exact) mass is 398 g/mol. The molecule has 1 atom stereocenters. The second kappa shape index (κ2) is 7.51. The van der Waals surface area contributed by atoms with Gasteiger partial charge in [0.2, 0.25) is 11.2 Å². The summed E-state index contributed by atoms with van der Waals surface area (Å²) in [4.78, 5) is 31.6. The summed E-state index contributed by atoms with van der Waals surface area (Å²) < 4.78 is 10.2. The second-order valence-corrected chi connectivity index (χ2v) is 7.81. The van der Waals surface area contributed by atoms with E-state index in [0.717, 1.165) is 24.7 Å². The van der Waals surface area contributed by atoms with Crippen molar-refractivity contribution in [2.75, 3.05) is 24.7 Å². The topological polar surface area (TPSA) is 76.1 Å². The maximum absolute atomic E-state index is 13.3. The van der Waals surface area contributed by atoms with Gasteiger partial charge in [-0.15, -0.1) is 0 Å². The average molecular weight is 398 g/mol. The Kier molecular flexibility index (Phi) is 5.04. The van der Waals surface area contributed by atoms with Crippen molar-refractivity contribution in [1.29, 1.82) is 0 Å². The van der Waals surface area contributed by atoms with Crippen LogP contribution in [0.1, 0.15) is 19.4 Å². The lowest BCUT2D eigenvalue weighted by Gasteiger charge is -2.26. The fraction of sp³-hybridized carbons (Fsp3) is 0.476. The summed E-state index contributed by atoms with van der Waals surface area (Å²) in [5.41, 5.74) is 2.71. The number of hydrogen-bond acceptors (Lipinski definition) is 4. The van der Waals surface area contributed by atoms with E-state index in [9.17, 15) is 9.59 Å². The zero-order valence-corrected chi connectivity index (χ0v) is 17.4. The van der Waals surface area contributed by atoms with Crippen LogP contribution in [-0.2, 0) is 24.9 Å². The number of rotatable bonds is 5. The average Bonchev–Trinajstić information content (AvgIpc) is 3.08. The minimum atomic E-state index is -0.337. The van der Waals surface area contributed by atoms with Gasteiger partial charge >= 0.3 is 11.6 Å². The van der Waals surface area contributed by atoms with E-state index < -0.39 is 0 Å². The molecule has 2 aromatic heterocycles. The van der Waals surface area contributed by atoms with Crippen LogP contribution in [-0.4, -0.2) is 33.9 Å². The number of imidazole rings is 1. The standard InChI is InChI=1S/C21H27N5O3/c1-5-29-10-9-24-19(27)17-18(23(4)21(24)28)22-20-25(12-15(3)13-26(17)20)16-8-6-7-14(2)11-16/h6-8,11,15H,5,9-10,12-13H2,1-4H3/p+1/t15-/m1/s1. The van der Waals surface area contributed by atoms with E-state index in [0.29, 0.717) is 30.3 Å². The molecule has 3 heterocycles. The fourth-order valence-electron chi connectivity index (χ4n) is 4.10. The van der Waals surface area contributed by atoms with Crippen LogP contribution in [0.2, 0.25) is 0 Å². The molecule has 1 aliphatic heterocycles. The van der Waals surface area contributed by atoms with Crippen molar-refractivity contribution >= 4 is 22.8 Å². The Morgan fingerprint density at radius 1 is 1.31 bits per heavy atom. The third kappa shape index (κ3) is 3.27. The van der Waals surface area contributed by atoms with Crippen LogP contribution in [0.25, 0.3) is 11.2 Å². The van der Waals surface area contributed by atoms with Gasteiger partial charge < -0.3 is 4.74 Å². The van der Waals surface area contributed by atoms with E-state index in [1.807, 2.05) is 17.6 Å². The van der Waals surface area contributed by atoms with Crippen LogP contribution >= 0.6 is 0 Å². The van der Waals surface area contributed by atoms with Crippen molar-refractivity contribution < 1.29 is 9.30 Å². The molecule has 8 nitrogen and oxygen atoms in total. The number of ether oxygens (including phenoxy) is 1. The summed E-state index contributed by atoms with van der Waals surface area (Å²) in [7, 11) is 1.70. The number of aryl methyl sites for hydroxylation is 2. The molecule has 3 aromatic rings. The number of anilines is 2. The van der Waals surface area contributed by atoms with E-state index in [-0.39, 0.29) is 17.8 Å². The van der Waals surface area contributed by atoms with Gasteiger partial charge in [0.15, 0.2) is 0 Å². The third-order valence-corrected chi connectivity index (χ3v) is 5.50. The highest BCUT2D eigenvalue weighted by Gasteiger charge is 2.35. The fourth-order valence-corrected chi connectivity index (χ4v) is 4.10. The minimum Gasteiger partial charge on any atom is -0.380 e. The predicted molar refractivity (Wildman–Crippen MR) is 112 cm³/mol. The van der Waals surface area contributed by atoms with E-state index in [2.05, 4.69) is 41.9 Å². The van der Waals surface area contributed by atoms with Crippen LogP contribution in [0.15, 0.2) is 33.9 Å². The molecule has 0 bridgehead atoms. The summed E-state index contributed by atoms with van der Waals surface area (Å²) in [6, 6.07) is 8.30. The van der Waals surface area contributed by atoms with Crippen molar-refractivity contribution in [3.8, 4) is 0 Å². The molecule has 29 heavy (non-hydrogen) atoms. The first-order valence-corrected chi connectivity index (χ1v) is 10.1. The molecule has 1 aliphatic rings. The van der Waals surface area contributed by atoms with Gasteiger partial charge in [-0.05, 0) is 31.5 Å². The summed E-state index contributed by atoms with van der Waals surface area (Å²) >= 11 is 0. The lowest BCUT2D eigenvalue weighted by atomic mass is 10.1. The van der Waals surface area contributed by atoms with Gasteiger partial charge in [-0.2, -0.15) is 0 Å². The Morgan fingerprint density at radius 3 is 2.83 bits per heavy atom. The van der Waals surface area contributed by atoms with Gasteiger partial charge in [0.05, 0.1) is 26.2 Å². The van der Waals surface area contributed by atoms with Gasteiger partial charge in [0.1, 0.15) is 5.69 Å². The van der Waals surface area contributed by atoms with E-state index in [1.54, 1.807) is 7.05 Å². The Hall–Kier alpha value is -2.87. The first kappa shape index (κ1) is 19.4. The molecule has 0 aliphatic carbocycles. The predicted octanol–water partition coefficient (Wildman–Crippen LogP) is 1.45. The van der Waals surface area contributed by atoms with E-state index >= 15 is 0 Å². The number of benzene rings is 1. The summed E-state index contributed by atoms with van der Waals surface area (Å²) in [5, 5.41) is 0. The highest BCUT2D eigenvalue weighted by Crippen LogP contribution is 2.28. The number of nitrogens with zero attached hydrogens (tertiary/aromatic N) is 4. The van der Waals surface area contributed by atoms with Crippen molar-refractivity contribution in [3.05, 3.63) is 50.7 Å². The molecule has 0 radical (unpaired) electrons. The molecular weight excluding hydrogens is 370 g/mol. The Morgan fingerprint density at radius 2 is 2.10 bits per heavy atom. The first-order chi connectivity index (χ1) is 13.9. The van der Waals surface area contributed by atoms with Crippen LogP contribution in [0, 0.1) is 12.8 Å². The zero-order chi connectivity index (χ0) is 20.7. The van der Waals surface area contributed by atoms with Crippen molar-refractivity contribution in [1.82, 2.24) is 14.1 Å². The number of fused-ring (bicyclic) bond motifs is 3. The van der Waals surface area contributed by atoms with Gasteiger partial charge in [-0.25, -0.2) is 19.2 Å². The molecule has 0 amide bonds. The molecular formula is C21H28N5O3+. The molecule has 1 aromatic carbocycles. The molecule has 154 valence electrons. The van der Waals surface area contributed by atoms with Gasteiger partial charge in [0.25, 0.3) is 5.56 Å². The highest BCUT2D eigenvalue weighted by atomic mass is 16.5. The molecule has 0 fully saturated rings. The third-order valence-electron chi connectivity index (χ3n) is 5.50. The van der Waals surface area contributed by atoms with Crippen LogP contribution in [0.4, 0.5) is 11.6 Å². The lowest BCUT2D eigenvalue weighted by Crippen LogP contribution is -2.52. The van der Waals surface area contributed by atoms with Crippen LogP contribution < -0.4 is 20.7 Å². The van der Waals surface area contributed by atoms with Gasteiger partial charge in [0, 0.05) is 19.6 Å². The summed E-state index contributed by atoms with van der Waals surface area (Å²) in [6.45, 7) is 8.81. The zero-order valence-electron chi connectivity index (χ0n) is 17.4. The van der Waals surface area contributed by atoms with Crippen LogP contribution in [0.5, 0.6) is 0 Å². The number of aromatic nitrogens is 4. The highest BCUT2D eigenvalue weighted by molar-refractivity contribution is 5.70. The number of hydrogen-bond donors (Lipinski definition) is 1. The quantitative estimate of drug-likeness (QED) is 0.521. The number of aromatic amines is 1. The molecule has 0 saturated carbocycles. The lowest BCUT2D eigenvalue weighted by molar-refractivity contribution is -0.669. The summed E-state index contributed by atoms with van der Waals surface area (Å²) in [5.74, 6) is 1.18. The second-order valence-electron chi connectivity index (χ2n) is 7.81. The summed E-state index contributed by atoms with van der Waals surface area (Å²) in [6.07, 6.45) is 0. The molecule has 8 heteroatoms. The minimum absolute atomic E-state index is 0.243. The SMILES string of the molecule is CCOCCn1c(=O)c2c([nH]c3[n+]2C[C@H](C)CN3c2cccc(C)c2)n(C)c1=O. The van der Waals surface area contributed by atoms with Crippen molar-refractivity contribution in [2.24, 2.45) is 13.0 Å². The largest absolute Gasteiger partial charge is 0.380 e. The maximum Gasteiger partial charge on any atom is 0.364 e. The maximum atomic E-state index is 13.3. The number of nitrogens with one attached hydrogen (secondary N) is 1. The van der Waals surface area contributed by atoms with E-state index in [1.165, 1.54) is 14.7 Å². The Bertz CT molecular complexity index is 1170. The molecule has 1 N–H and O–H groups in total. The Labute approximate surface area is 169 Å². The van der Waals surface area contributed by atoms with Gasteiger partial charge in [-0.1, -0.05) is 19.1 Å². The molecule has 0 spiro atoms. The van der Waals surface area contributed by atoms with Crippen molar-refractivity contribution in [3.63, 3.8) is 0 Å². The Balaban J connectivity index is 1.93. The number of H-pyrrole nitrogens is 1. The smallest absolute Gasteiger partial charge is 0.364 e. The first-order valence-electron chi connectivity index (χ1n) is 10.1. The van der Waals surface area contributed by atoms with Gasteiger partial charge in [-0.3, -0.25) is 13.9 Å². The molecule has 0 unspecified atom stereocenters. The van der Waals surface area contributed by atoms with Crippen LogP contribution in [0.3, 0.4) is 0 Å². The van der Waals surface area contributed by atoms with E-state index in [4.69, 9.17) is 4.74 Å². The molecule has 0 saturated heterocycles. The normalized spacial score (nSPS) is 16.4. The molecule has 4 rings (SSSR count). The van der Waals surface area contributed by atoms with Crippen molar-refractivity contribution in [2.45, 2.75) is 33.9 Å².